The molecule has 0 saturated heterocycles. The standard InChI is InChI=1S/C23H23N3O6/c1-28-18-9-20(30-3)19(29-2)7-15(18)14-8-22(27)25-23-16(14)10-24-26(23)11-13-4-5-17-21(6-13)32-12-31-17/h4-7,9-10,14H,8,11-12H2,1-3H3,(H,25,27). The lowest BCUT2D eigenvalue weighted by Gasteiger charge is -2.26. The van der Waals surface area contributed by atoms with Crippen LogP contribution in [0.15, 0.2) is 36.5 Å². The quantitative estimate of drug-likeness (QED) is 0.633. The lowest BCUT2D eigenvalue weighted by Crippen LogP contribution is -2.25. The van der Waals surface area contributed by atoms with Crippen LogP contribution in [0.5, 0.6) is 28.7 Å². The number of hydrogen-bond acceptors (Lipinski definition) is 7. The van der Waals surface area contributed by atoms with Gasteiger partial charge in [-0.15, -0.1) is 0 Å². The number of nitrogens with zero attached hydrogens (tertiary/aromatic N) is 2. The van der Waals surface area contributed by atoms with Gasteiger partial charge in [0.05, 0.1) is 34.1 Å². The second-order valence-electron chi connectivity index (χ2n) is 7.55. The highest BCUT2D eigenvalue weighted by Gasteiger charge is 2.33. The molecule has 0 aliphatic carbocycles. The van der Waals surface area contributed by atoms with Gasteiger partial charge in [-0.25, -0.2) is 4.68 Å². The number of nitrogens with one attached hydrogen (secondary N) is 1. The number of amides is 1. The lowest BCUT2D eigenvalue weighted by molar-refractivity contribution is -0.116. The normalized spacial score (nSPS) is 16.3. The summed E-state index contributed by atoms with van der Waals surface area (Å²) < 4.78 is 29.1. The molecule has 3 heterocycles. The van der Waals surface area contributed by atoms with Gasteiger partial charge in [0.1, 0.15) is 11.6 Å². The lowest BCUT2D eigenvalue weighted by atomic mass is 9.86. The number of anilines is 1. The van der Waals surface area contributed by atoms with Gasteiger partial charge in [0.25, 0.3) is 0 Å². The third-order valence-corrected chi connectivity index (χ3v) is 5.77. The highest BCUT2D eigenvalue weighted by atomic mass is 16.7. The van der Waals surface area contributed by atoms with Crippen LogP contribution in [0.1, 0.15) is 29.0 Å². The molecule has 9 nitrogen and oxygen atoms in total. The molecule has 0 bridgehead atoms. The van der Waals surface area contributed by atoms with Crippen LogP contribution in [0.3, 0.4) is 0 Å². The van der Waals surface area contributed by atoms with E-state index in [-0.39, 0.29) is 25.0 Å². The Morgan fingerprint density at radius 3 is 2.53 bits per heavy atom. The van der Waals surface area contributed by atoms with Crippen molar-refractivity contribution in [2.24, 2.45) is 0 Å². The van der Waals surface area contributed by atoms with Crippen LogP contribution in [0.4, 0.5) is 5.82 Å². The Morgan fingerprint density at radius 2 is 1.75 bits per heavy atom. The maximum Gasteiger partial charge on any atom is 0.231 e. The first-order chi connectivity index (χ1) is 15.6. The molecule has 0 fully saturated rings. The van der Waals surface area contributed by atoms with E-state index in [1.807, 2.05) is 24.3 Å². The summed E-state index contributed by atoms with van der Waals surface area (Å²) >= 11 is 0. The van der Waals surface area contributed by atoms with Crippen LogP contribution in [0.25, 0.3) is 0 Å². The first kappa shape index (κ1) is 20.0. The van der Waals surface area contributed by atoms with E-state index in [2.05, 4.69) is 10.4 Å². The van der Waals surface area contributed by atoms with Crippen molar-refractivity contribution < 1.29 is 28.5 Å². The van der Waals surface area contributed by atoms with Crippen LogP contribution in [-0.2, 0) is 11.3 Å². The van der Waals surface area contributed by atoms with Crippen LogP contribution >= 0.6 is 0 Å². The fourth-order valence-corrected chi connectivity index (χ4v) is 4.20. The highest BCUT2D eigenvalue weighted by molar-refractivity contribution is 5.94. The summed E-state index contributed by atoms with van der Waals surface area (Å²) in [6.07, 6.45) is 2.07. The summed E-state index contributed by atoms with van der Waals surface area (Å²) in [6.45, 7) is 0.697. The van der Waals surface area contributed by atoms with Gasteiger partial charge < -0.3 is 29.0 Å². The SMILES string of the molecule is COc1cc(OC)c(C2CC(=O)Nc3c2cnn3Cc2ccc3c(c2)OCO3)cc1OC. The zero-order valence-electron chi connectivity index (χ0n) is 18.0. The Bertz CT molecular complexity index is 1190. The van der Waals surface area contributed by atoms with Crippen molar-refractivity contribution in [3.8, 4) is 28.7 Å². The number of methoxy groups -OCH3 is 3. The minimum absolute atomic E-state index is 0.0909. The molecule has 2 aromatic carbocycles. The number of aromatic nitrogens is 2. The second-order valence-corrected chi connectivity index (χ2v) is 7.55. The fraction of sp³-hybridized carbons (Fsp3) is 0.304. The molecule has 2 aliphatic rings. The van der Waals surface area contributed by atoms with Gasteiger partial charge >= 0.3 is 0 Å². The molecule has 0 radical (unpaired) electrons. The molecule has 1 unspecified atom stereocenters. The molecule has 32 heavy (non-hydrogen) atoms. The number of benzene rings is 2. The van der Waals surface area contributed by atoms with Gasteiger partial charge in [-0.1, -0.05) is 6.07 Å². The van der Waals surface area contributed by atoms with Crippen molar-refractivity contribution in [1.29, 1.82) is 0 Å². The van der Waals surface area contributed by atoms with Gasteiger partial charge in [-0.2, -0.15) is 5.10 Å². The van der Waals surface area contributed by atoms with Crippen molar-refractivity contribution in [2.45, 2.75) is 18.9 Å². The Hall–Kier alpha value is -3.88. The zero-order chi connectivity index (χ0) is 22.2. The number of carbonyl (C=O) groups excluding carboxylic acids is 1. The molecule has 3 aromatic rings. The Morgan fingerprint density at radius 1 is 1.00 bits per heavy atom. The summed E-state index contributed by atoms with van der Waals surface area (Å²) in [5.74, 6) is 3.53. The molecule has 5 rings (SSSR count). The minimum Gasteiger partial charge on any atom is -0.496 e. The van der Waals surface area contributed by atoms with Gasteiger partial charge in [-0.3, -0.25) is 4.79 Å². The summed E-state index contributed by atoms with van der Waals surface area (Å²) in [6, 6.07) is 9.40. The number of ether oxygens (including phenoxy) is 5. The van der Waals surface area contributed by atoms with E-state index in [1.165, 1.54) is 0 Å². The van der Waals surface area contributed by atoms with E-state index in [0.717, 1.165) is 22.4 Å². The predicted octanol–water partition coefficient (Wildman–Crippen LogP) is 3.16. The molecule has 0 spiro atoms. The largest absolute Gasteiger partial charge is 0.496 e. The molecule has 9 heteroatoms. The van der Waals surface area contributed by atoms with E-state index >= 15 is 0 Å². The number of rotatable bonds is 6. The molecular weight excluding hydrogens is 414 g/mol. The summed E-state index contributed by atoms with van der Waals surface area (Å²) in [4.78, 5) is 12.7. The molecule has 1 amide bonds. The van der Waals surface area contributed by atoms with E-state index in [9.17, 15) is 4.79 Å². The van der Waals surface area contributed by atoms with E-state index in [4.69, 9.17) is 23.7 Å². The first-order valence-corrected chi connectivity index (χ1v) is 10.1. The average Bonchev–Trinajstić information content (AvgIpc) is 3.44. The van der Waals surface area contributed by atoms with E-state index in [1.54, 1.807) is 38.3 Å². The Kier molecular flexibility index (Phi) is 5.01. The Labute approximate surface area is 184 Å². The van der Waals surface area contributed by atoms with Crippen molar-refractivity contribution >= 4 is 11.7 Å². The third kappa shape index (κ3) is 3.35. The van der Waals surface area contributed by atoms with Crippen molar-refractivity contribution in [3.05, 3.63) is 53.2 Å². The topological polar surface area (TPSA) is 93.1 Å². The molecule has 1 aromatic heterocycles. The maximum absolute atomic E-state index is 12.7. The van der Waals surface area contributed by atoms with Crippen LogP contribution in [-0.4, -0.2) is 43.8 Å². The van der Waals surface area contributed by atoms with Gasteiger partial charge in [0.15, 0.2) is 23.0 Å². The van der Waals surface area contributed by atoms with E-state index < -0.39 is 0 Å². The van der Waals surface area contributed by atoms with Gasteiger partial charge in [0, 0.05) is 29.5 Å². The van der Waals surface area contributed by atoms with Crippen LogP contribution in [0.2, 0.25) is 0 Å². The molecule has 1 atom stereocenters. The summed E-state index contributed by atoms with van der Waals surface area (Å²) in [5, 5.41) is 7.54. The molecular formula is C23H23N3O6. The smallest absolute Gasteiger partial charge is 0.231 e. The van der Waals surface area contributed by atoms with E-state index in [0.29, 0.717) is 35.4 Å². The molecule has 1 N–H and O–H groups in total. The number of fused-ring (bicyclic) bond motifs is 2. The van der Waals surface area contributed by atoms with Crippen molar-refractivity contribution in [2.75, 3.05) is 33.4 Å². The summed E-state index contributed by atoms with van der Waals surface area (Å²) in [5.41, 5.74) is 2.74. The van der Waals surface area contributed by atoms with Crippen molar-refractivity contribution in [3.63, 3.8) is 0 Å². The fourth-order valence-electron chi connectivity index (χ4n) is 4.20. The minimum atomic E-state index is -0.237. The monoisotopic (exact) mass is 437 g/mol. The zero-order valence-corrected chi connectivity index (χ0v) is 18.0. The molecule has 2 aliphatic heterocycles. The first-order valence-electron chi connectivity index (χ1n) is 10.1. The highest BCUT2D eigenvalue weighted by Crippen LogP contribution is 2.45. The van der Waals surface area contributed by atoms with Crippen LogP contribution < -0.4 is 29.0 Å². The number of hydrogen-bond donors (Lipinski definition) is 1. The Balaban J connectivity index is 1.52. The van der Waals surface area contributed by atoms with Crippen LogP contribution in [0, 0.1) is 0 Å². The van der Waals surface area contributed by atoms with Gasteiger partial charge in [0.2, 0.25) is 12.7 Å². The summed E-state index contributed by atoms with van der Waals surface area (Å²) in [7, 11) is 4.75. The second kappa shape index (κ2) is 7.99. The number of carbonyl (C=O) groups is 1. The average molecular weight is 437 g/mol. The third-order valence-electron chi connectivity index (χ3n) is 5.77. The molecule has 166 valence electrons. The predicted molar refractivity (Wildman–Crippen MR) is 115 cm³/mol. The van der Waals surface area contributed by atoms with Crippen molar-refractivity contribution in [1.82, 2.24) is 9.78 Å². The maximum atomic E-state index is 12.7. The van der Waals surface area contributed by atoms with Gasteiger partial charge in [-0.05, 0) is 23.8 Å². The molecule has 0 saturated carbocycles.